The number of methoxy groups -OCH3 is 1. The van der Waals surface area contributed by atoms with Crippen LogP contribution in [0.2, 0.25) is 0 Å². The molecule has 0 unspecified atom stereocenters. The molecular formula is C14H17NOS. The second-order valence-electron chi connectivity index (χ2n) is 4.90. The first kappa shape index (κ1) is 11.0. The Bertz CT molecular complexity index is 408. The van der Waals surface area contributed by atoms with Crippen molar-refractivity contribution in [3.8, 4) is 5.75 Å². The summed E-state index contributed by atoms with van der Waals surface area (Å²) in [5.74, 6) is 0.890. The summed E-state index contributed by atoms with van der Waals surface area (Å²) in [5.41, 5.74) is 1.15. The van der Waals surface area contributed by atoms with Gasteiger partial charge in [0, 0.05) is 17.6 Å². The molecular weight excluding hydrogens is 230 g/mol. The maximum absolute atomic E-state index is 5.64. The molecule has 2 bridgehead atoms. The largest absolute Gasteiger partial charge is 0.497 e. The molecule has 1 aromatic rings. The Morgan fingerprint density at radius 3 is 2.12 bits per heavy atom. The molecule has 2 saturated heterocycles. The summed E-state index contributed by atoms with van der Waals surface area (Å²) in [4.78, 5) is 3.49. The van der Waals surface area contributed by atoms with Crippen molar-refractivity contribution < 1.29 is 4.74 Å². The first-order valence-corrected chi connectivity index (χ1v) is 6.67. The highest BCUT2D eigenvalue weighted by molar-refractivity contribution is 7.80. The molecule has 2 aliphatic heterocycles. The molecule has 3 rings (SSSR count). The van der Waals surface area contributed by atoms with E-state index in [0.29, 0.717) is 12.1 Å². The molecule has 90 valence electrons. The van der Waals surface area contributed by atoms with E-state index in [4.69, 9.17) is 17.0 Å². The molecule has 0 radical (unpaired) electrons. The van der Waals surface area contributed by atoms with Crippen LogP contribution in [0.3, 0.4) is 0 Å². The summed E-state index contributed by atoms with van der Waals surface area (Å²) in [6.07, 6.45) is 5.28. The Morgan fingerprint density at radius 1 is 1.12 bits per heavy atom. The van der Waals surface area contributed by atoms with Gasteiger partial charge >= 0.3 is 0 Å². The first-order valence-electron chi connectivity index (χ1n) is 6.26. The van der Waals surface area contributed by atoms with Crippen LogP contribution in [0, 0.1) is 0 Å². The number of thiocarbonyl (C=S) groups is 1. The van der Waals surface area contributed by atoms with E-state index in [1.165, 1.54) is 25.7 Å². The number of hydrogen-bond donors (Lipinski definition) is 0. The molecule has 2 fully saturated rings. The lowest BCUT2D eigenvalue weighted by Crippen LogP contribution is -2.34. The molecule has 2 nitrogen and oxygen atoms in total. The van der Waals surface area contributed by atoms with Gasteiger partial charge in [0.1, 0.15) is 10.7 Å². The number of hydrogen-bond acceptors (Lipinski definition) is 2. The number of benzene rings is 1. The van der Waals surface area contributed by atoms with Gasteiger partial charge in [-0.25, -0.2) is 0 Å². The van der Waals surface area contributed by atoms with E-state index in [-0.39, 0.29) is 0 Å². The van der Waals surface area contributed by atoms with E-state index < -0.39 is 0 Å². The Balaban J connectivity index is 1.81. The van der Waals surface area contributed by atoms with Gasteiger partial charge < -0.3 is 9.64 Å². The van der Waals surface area contributed by atoms with Gasteiger partial charge in [0.2, 0.25) is 0 Å². The quantitative estimate of drug-likeness (QED) is 0.745. The van der Waals surface area contributed by atoms with Gasteiger partial charge in [0.25, 0.3) is 0 Å². The maximum atomic E-state index is 5.64. The van der Waals surface area contributed by atoms with Crippen molar-refractivity contribution in [2.75, 3.05) is 7.11 Å². The molecule has 2 aliphatic rings. The number of nitrogens with zero attached hydrogens (tertiary/aromatic N) is 1. The topological polar surface area (TPSA) is 12.5 Å². The van der Waals surface area contributed by atoms with Gasteiger partial charge in [0.15, 0.2) is 0 Å². The smallest absolute Gasteiger partial charge is 0.118 e. The molecule has 0 saturated carbocycles. The van der Waals surface area contributed by atoms with E-state index in [0.717, 1.165) is 16.3 Å². The summed E-state index contributed by atoms with van der Waals surface area (Å²) < 4.78 is 5.17. The summed E-state index contributed by atoms with van der Waals surface area (Å²) in [6.45, 7) is 0. The lowest BCUT2D eigenvalue weighted by atomic mass is 10.0. The zero-order valence-corrected chi connectivity index (χ0v) is 10.9. The van der Waals surface area contributed by atoms with Crippen LogP contribution >= 0.6 is 12.2 Å². The van der Waals surface area contributed by atoms with E-state index >= 15 is 0 Å². The van der Waals surface area contributed by atoms with Crippen LogP contribution in [0.1, 0.15) is 31.2 Å². The fourth-order valence-electron chi connectivity index (χ4n) is 3.13. The standard InChI is InChI=1S/C14H17NOS/c1-16-13-8-2-10(3-9-13)14(17)15-11-4-5-12(15)7-6-11/h2-3,8-9,11-12H,4-7H2,1H3. The molecule has 0 spiro atoms. The van der Waals surface area contributed by atoms with E-state index in [1.807, 2.05) is 12.1 Å². The van der Waals surface area contributed by atoms with Crippen LogP contribution in [-0.4, -0.2) is 29.1 Å². The Labute approximate surface area is 108 Å². The number of fused-ring (bicyclic) bond motifs is 2. The van der Waals surface area contributed by atoms with E-state index in [1.54, 1.807) is 7.11 Å². The monoisotopic (exact) mass is 247 g/mol. The molecule has 0 aromatic heterocycles. The van der Waals surface area contributed by atoms with Crippen LogP contribution in [0.15, 0.2) is 24.3 Å². The molecule has 17 heavy (non-hydrogen) atoms. The summed E-state index contributed by atoms with van der Waals surface area (Å²) in [5, 5.41) is 0. The van der Waals surface area contributed by atoms with Crippen molar-refractivity contribution in [1.29, 1.82) is 0 Å². The fourth-order valence-corrected chi connectivity index (χ4v) is 3.56. The Hall–Kier alpha value is -1.09. The first-order chi connectivity index (χ1) is 8.29. The minimum Gasteiger partial charge on any atom is -0.497 e. The van der Waals surface area contributed by atoms with Gasteiger partial charge in [-0.1, -0.05) is 12.2 Å². The lowest BCUT2D eigenvalue weighted by molar-refractivity contribution is 0.407. The third kappa shape index (κ3) is 1.82. The van der Waals surface area contributed by atoms with Gasteiger partial charge in [0.05, 0.1) is 7.11 Å². The lowest BCUT2D eigenvalue weighted by Gasteiger charge is -2.25. The van der Waals surface area contributed by atoms with Crippen molar-refractivity contribution >= 4 is 17.2 Å². The molecule has 0 atom stereocenters. The molecule has 0 N–H and O–H groups in total. The van der Waals surface area contributed by atoms with Gasteiger partial charge in [-0.3, -0.25) is 0 Å². The highest BCUT2D eigenvalue weighted by Crippen LogP contribution is 2.38. The van der Waals surface area contributed by atoms with Crippen LogP contribution in [-0.2, 0) is 0 Å². The zero-order chi connectivity index (χ0) is 11.8. The second-order valence-corrected chi connectivity index (χ2v) is 5.29. The molecule has 0 amide bonds. The predicted octanol–water partition coefficient (Wildman–Crippen LogP) is 3.00. The normalized spacial score (nSPS) is 26.3. The van der Waals surface area contributed by atoms with E-state index in [2.05, 4.69) is 17.0 Å². The summed E-state index contributed by atoms with van der Waals surface area (Å²) in [6, 6.07) is 9.51. The highest BCUT2D eigenvalue weighted by atomic mass is 32.1. The zero-order valence-electron chi connectivity index (χ0n) is 10.1. The predicted molar refractivity (Wildman–Crippen MR) is 72.6 cm³/mol. The van der Waals surface area contributed by atoms with Crippen molar-refractivity contribution in [3.63, 3.8) is 0 Å². The van der Waals surface area contributed by atoms with Crippen molar-refractivity contribution in [2.24, 2.45) is 0 Å². The van der Waals surface area contributed by atoms with Crippen LogP contribution in [0.25, 0.3) is 0 Å². The Kier molecular flexibility index (Phi) is 2.79. The minimum atomic E-state index is 0.703. The van der Waals surface area contributed by atoms with Crippen LogP contribution in [0.4, 0.5) is 0 Å². The third-order valence-electron chi connectivity index (χ3n) is 4.02. The summed E-state index contributed by atoms with van der Waals surface area (Å²) in [7, 11) is 1.69. The number of rotatable bonds is 2. The Morgan fingerprint density at radius 2 is 1.65 bits per heavy atom. The maximum Gasteiger partial charge on any atom is 0.118 e. The molecule has 1 aromatic carbocycles. The van der Waals surface area contributed by atoms with Crippen molar-refractivity contribution in [3.05, 3.63) is 29.8 Å². The minimum absolute atomic E-state index is 0.703. The van der Waals surface area contributed by atoms with Gasteiger partial charge in [-0.05, 0) is 49.9 Å². The number of ether oxygens (including phenoxy) is 1. The van der Waals surface area contributed by atoms with E-state index in [9.17, 15) is 0 Å². The van der Waals surface area contributed by atoms with Crippen molar-refractivity contribution in [1.82, 2.24) is 4.90 Å². The van der Waals surface area contributed by atoms with Gasteiger partial charge in [-0.2, -0.15) is 0 Å². The average Bonchev–Trinajstić information content (AvgIpc) is 2.98. The molecule has 3 heteroatoms. The fraction of sp³-hybridized carbons (Fsp3) is 0.500. The second kappa shape index (κ2) is 4.30. The average molecular weight is 247 g/mol. The van der Waals surface area contributed by atoms with Gasteiger partial charge in [-0.15, -0.1) is 0 Å². The SMILES string of the molecule is COc1ccc(C(=S)N2C3CCC2CC3)cc1. The van der Waals surface area contributed by atoms with Crippen LogP contribution in [0.5, 0.6) is 5.75 Å². The molecule has 0 aliphatic carbocycles. The summed E-state index contributed by atoms with van der Waals surface area (Å²) >= 11 is 5.64. The van der Waals surface area contributed by atoms with Crippen molar-refractivity contribution in [2.45, 2.75) is 37.8 Å². The third-order valence-corrected chi connectivity index (χ3v) is 4.47. The highest BCUT2D eigenvalue weighted by Gasteiger charge is 2.40. The molecule has 2 heterocycles. The van der Waals surface area contributed by atoms with Crippen LogP contribution < -0.4 is 4.74 Å².